The zero-order valence-electron chi connectivity index (χ0n) is 19.0. The Morgan fingerprint density at radius 3 is 2.45 bits per heavy atom. The number of imide groups is 1. The Kier molecular flexibility index (Phi) is 6.24. The predicted octanol–water partition coefficient (Wildman–Crippen LogP) is 5.39. The zero-order valence-corrected chi connectivity index (χ0v) is 19.8. The quantitative estimate of drug-likeness (QED) is 0.520. The Labute approximate surface area is 197 Å². The normalized spacial score (nSPS) is 14.9. The molecule has 3 aromatic rings. The van der Waals surface area contributed by atoms with E-state index in [9.17, 15) is 14.4 Å². The lowest BCUT2D eigenvalue weighted by Gasteiger charge is -2.14. The number of thioether (sulfide) groups is 1. The van der Waals surface area contributed by atoms with E-state index in [1.54, 1.807) is 6.08 Å². The second kappa shape index (κ2) is 9.11. The average Bonchev–Trinajstić information content (AvgIpc) is 3.20. The summed E-state index contributed by atoms with van der Waals surface area (Å²) < 4.78 is 2.10. The molecule has 0 radical (unpaired) electrons. The molecule has 2 heterocycles. The van der Waals surface area contributed by atoms with Crippen molar-refractivity contribution >= 4 is 40.6 Å². The van der Waals surface area contributed by atoms with Gasteiger partial charge in [-0.15, -0.1) is 0 Å². The Hall–Kier alpha value is -3.58. The molecule has 1 N–H and O–H groups in total. The molecule has 1 aliphatic rings. The lowest BCUT2D eigenvalue weighted by molar-refractivity contribution is -0.127. The van der Waals surface area contributed by atoms with Gasteiger partial charge >= 0.3 is 0 Å². The minimum atomic E-state index is -0.453. The van der Waals surface area contributed by atoms with Gasteiger partial charge in [-0.3, -0.25) is 19.3 Å². The molecular weight excluding hydrogens is 434 g/mol. The maximum absolute atomic E-state index is 12.9. The van der Waals surface area contributed by atoms with Crippen LogP contribution in [0.5, 0.6) is 0 Å². The van der Waals surface area contributed by atoms with Gasteiger partial charge in [-0.1, -0.05) is 30.3 Å². The summed E-state index contributed by atoms with van der Waals surface area (Å²) in [6.45, 7) is 7.49. The minimum Gasteiger partial charge on any atom is -0.324 e. The molecule has 0 aliphatic carbocycles. The van der Waals surface area contributed by atoms with Crippen LogP contribution in [0.15, 0.2) is 59.5 Å². The van der Waals surface area contributed by atoms with Gasteiger partial charge in [0.1, 0.15) is 6.54 Å². The van der Waals surface area contributed by atoms with Crippen molar-refractivity contribution < 1.29 is 14.4 Å². The van der Waals surface area contributed by atoms with E-state index in [2.05, 4.69) is 9.88 Å². The van der Waals surface area contributed by atoms with Gasteiger partial charge in [-0.25, -0.2) is 0 Å². The fourth-order valence-corrected chi connectivity index (χ4v) is 4.72. The van der Waals surface area contributed by atoms with Gasteiger partial charge in [0.25, 0.3) is 11.1 Å². The van der Waals surface area contributed by atoms with Crippen molar-refractivity contribution in [2.75, 3.05) is 11.9 Å². The number of hydrogen-bond donors (Lipinski definition) is 1. The molecule has 4 rings (SSSR count). The van der Waals surface area contributed by atoms with Crippen molar-refractivity contribution in [1.29, 1.82) is 0 Å². The van der Waals surface area contributed by atoms with Crippen LogP contribution in [0.25, 0.3) is 11.8 Å². The summed E-state index contributed by atoms with van der Waals surface area (Å²) in [6.07, 6.45) is 1.73. The number of rotatable bonds is 5. The molecule has 1 saturated heterocycles. The van der Waals surface area contributed by atoms with Gasteiger partial charge < -0.3 is 9.88 Å². The van der Waals surface area contributed by atoms with E-state index >= 15 is 0 Å². The van der Waals surface area contributed by atoms with Gasteiger partial charge in [0.15, 0.2) is 0 Å². The van der Waals surface area contributed by atoms with Crippen molar-refractivity contribution in [3.8, 4) is 5.69 Å². The minimum absolute atomic E-state index is 0.313. The summed E-state index contributed by atoms with van der Waals surface area (Å²) in [5, 5.41) is 2.36. The van der Waals surface area contributed by atoms with Crippen molar-refractivity contribution in [3.63, 3.8) is 0 Å². The van der Waals surface area contributed by atoms with Crippen molar-refractivity contribution in [3.05, 3.63) is 87.6 Å². The topological polar surface area (TPSA) is 71.4 Å². The molecular formula is C26H25N3O3S. The van der Waals surface area contributed by atoms with E-state index < -0.39 is 17.1 Å². The van der Waals surface area contributed by atoms with Crippen LogP contribution >= 0.6 is 11.8 Å². The predicted molar refractivity (Wildman–Crippen MR) is 132 cm³/mol. The van der Waals surface area contributed by atoms with Crippen LogP contribution in [-0.2, 0) is 9.59 Å². The Morgan fingerprint density at radius 1 is 1.00 bits per heavy atom. The number of carbonyl (C=O) groups excluding carboxylic acids is 3. The SMILES string of the molecule is Cc1ccc(C)c(NC(=O)CN2C(=O)S/C(=C/c3cc(C)n(-c4ccccc4)c3C)C2=O)c1. The molecule has 33 heavy (non-hydrogen) atoms. The molecule has 2 aromatic carbocycles. The zero-order chi connectivity index (χ0) is 23.7. The van der Waals surface area contributed by atoms with Crippen molar-refractivity contribution in [1.82, 2.24) is 9.47 Å². The van der Waals surface area contributed by atoms with Crippen LogP contribution in [0, 0.1) is 27.7 Å². The van der Waals surface area contributed by atoms with Gasteiger partial charge in [0, 0.05) is 22.8 Å². The van der Waals surface area contributed by atoms with Gasteiger partial charge in [0.05, 0.1) is 4.91 Å². The van der Waals surface area contributed by atoms with Crippen molar-refractivity contribution in [2.45, 2.75) is 27.7 Å². The Morgan fingerprint density at radius 2 is 1.73 bits per heavy atom. The first kappa shape index (κ1) is 22.6. The summed E-state index contributed by atoms with van der Waals surface area (Å²) in [6, 6.07) is 17.7. The number of para-hydroxylation sites is 1. The second-order valence-corrected chi connectivity index (χ2v) is 9.13. The number of carbonyl (C=O) groups is 3. The highest BCUT2D eigenvalue weighted by Crippen LogP contribution is 2.33. The number of anilines is 1. The molecule has 1 aliphatic heterocycles. The molecule has 1 aromatic heterocycles. The third-order valence-corrected chi connectivity index (χ3v) is 6.52. The first-order valence-corrected chi connectivity index (χ1v) is 11.4. The summed E-state index contributed by atoms with van der Waals surface area (Å²) in [7, 11) is 0. The Balaban J connectivity index is 1.53. The molecule has 6 nitrogen and oxygen atoms in total. The molecule has 0 atom stereocenters. The largest absolute Gasteiger partial charge is 0.324 e. The molecule has 0 bridgehead atoms. The molecule has 7 heteroatoms. The number of aryl methyl sites for hydroxylation is 3. The van der Waals surface area contributed by atoms with Gasteiger partial charge in [0.2, 0.25) is 5.91 Å². The van der Waals surface area contributed by atoms with E-state index in [4.69, 9.17) is 0 Å². The van der Waals surface area contributed by atoms with Crippen LogP contribution < -0.4 is 5.32 Å². The monoisotopic (exact) mass is 459 g/mol. The highest BCUT2D eigenvalue weighted by atomic mass is 32.2. The summed E-state index contributed by atoms with van der Waals surface area (Å²) in [5.41, 5.74) is 6.49. The standard InChI is InChI=1S/C26H25N3O3S/c1-16-10-11-17(2)22(12-16)27-24(30)15-28-25(31)23(33-26(28)32)14-20-13-18(3)29(19(20)4)21-8-6-5-7-9-21/h5-14H,15H2,1-4H3,(H,27,30)/b23-14+. The fourth-order valence-electron chi connectivity index (χ4n) is 3.89. The third-order valence-electron chi connectivity index (χ3n) is 5.61. The highest BCUT2D eigenvalue weighted by Gasteiger charge is 2.36. The molecule has 0 saturated carbocycles. The van der Waals surface area contributed by atoms with Crippen molar-refractivity contribution in [2.24, 2.45) is 0 Å². The summed E-state index contributed by atoms with van der Waals surface area (Å²) in [5.74, 6) is -0.861. The number of nitrogens with zero attached hydrogens (tertiary/aromatic N) is 2. The molecule has 1 fully saturated rings. The molecule has 168 valence electrons. The lowest BCUT2D eigenvalue weighted by atomic mass is 10.1. The first-order valence-electron chi connectivity index (χ1n) is 10.6. The highest BCUT2D eigenvalue weighted by molar-refractivity contribution is 8.18. The number of hydrogen-bond acceptors (Lipinski definition) is 4. The smallest absolute Gasteiger partial charge is 0.294 e. The maximum atomic E-state index is 12.9. The van der Waals surface area contributed by atoms with Crippen LogP contribution in [0.1, 0.15) is 28.1 Å². The van der Waals surface area contributed by atoms with Gasteiger partial charge in [-0.05, 0) is 86.5 Å². The molecule has 3 amide bonds. The first-order chi connectivity index (χ1) is 15.7. The van der Waals surface area contributed by atoms with Crippen LogP contribution in [0.3, 0.4) is 0 Å². The van der Waals surface area contributed by atoms with E-state index in [0.717, 1.165) is 50.4 Å². The van der Waals surface area contributed by atoms with E-state index in [-0.39, 0.29) is 6.54 Å². The summed E-state index contributed by atoms with van der Waals surface area (Å²) in [4.78, 5) is 39.3. The third kappa shape index (κ3) is 4.64. The Bertz CT molecular complexity index is 1290. The van der Waals surface area contributed by atoms with Crippen LogP contribution in [0.4, 0.5) is 10.5 Å². The molecule has 0 spiro atoms. The van der Waals surface area contributed by atoms with E-state index in [1.165, 1.54) is 0 Å². The van der Waals surface area contributed by atoms with E-state index in [0.29, 0.717) is 10.6 Å². The van der Waals surface area contributed by atoms with Crippen LogP contribution in [-0.4, -0.2) is 33.1 Å². The average molecular weight is 460 g/mol. The summed E-state index contributed by atoms with van der Waals surface area (Å²) >= 11 is 0.859. The number of nitrogens with one attached hydrogen (secondary N) is 1. The number of amides is 3. The van der Waals surface area contributed by atoms with E-state index in [1.807, 2.05) is 82.3 Å². The fraction of sp³-hybridized carbons (Fsp3) is 0.192. The second-order valence-electron chi connectivity index (χ2n) is 8.13. The number of benzene rings is 2. The van der Waals surface area contributed by atoms with Gasteiger partial charge in [-0.2, -0.15) is 0 Å². The lowest BCUT2D eigenvalue weighted by Crippen LogP contribution is -2.36. The van der Waals surface area contributed by atoms with Crippen LogP contribution in [0.2, 0.25) is 0 Å². The molecule has 0 unspecified atom stereocenters. The number of aromatic nitrogens is 1. The maximum Gasteiger partial charge on any atom is 0.294 e.